The van der Waals surface area contributed by atoms with Gasteiger partial charge in [-0.15, -0.1) is 0 Å². The number of hydrogen-bond acceptors (Lipinski definition) is 5. The Labute approximate surface area is 147 Å². The summed E-state index contributed by atoms with van der Waals surface area (Å²) in [7, 11) is 0. The van der Waals surface area contributed by atoms with Crippen molar-refractivity contribution < 1.29 is 41.3 Å². The van der Waals surface area contributed by atoms with Crippen LogP contribution in [0.5, 0.6) is 11.5 Å². The number of esters is 1. The fourth-order valence-corrected chi connectivity index (χ4v) is 2.35. The molecule has 2 rings (SSSR count). The average Bonchev–Trinajstić information content (AvgIpc) is 2.59. The molecule has 0 spiro atoms. The smallest absolute Gasteiger partial charge is 0.387 e. The number of carbonyl (C=O) groups is 1. The largest absolute Gasteiger partial charge is 0.460 e. The van der Waals surface area contributed by atoms with Crippen molar-refractivity contribution in [3.05, 3.63) is 29.8 Å². The van der Waals surface area contributed by atoms with E-state index in [2.05, 4.69) is 9.47 Å². The van der Waals surface area contributed by atoms with Gasteiger partial charge in [0.1, 0.15) is 18.1 Å². The van der Waals surface area contributed by atoms with Gasteiger partial charge in [-0.1, -0.05) is 0 Å². The third kappa shape index (κ3) is 6.91. The van der Waals surface area contributed by atoms with E-state index in [4.69, 9.17) is 9.47 Å². The highest BCUT2D eigenvalue weighted by molar-refractivity contribution is 5.87. The molecular formula is C17H18F4O5. The summed E-state index contributed by atoms with van der Waals surface area (Å²) >= 11 is 0. The lowest BCUT2D eigenvalue weighted by Crippen LogP contribution is -2.25. The second-order valence-corrected chi connectivity index (χ2v) is 5.41. The van der Waals surface area contributed by atoms with Crippen LogP contribution in [-0.4, -0.2) is 38.5 Å². The number of hydrogen-bond donors (Lipinski definition) is 0. The first-order valence-electron chi connectivity index (χ1n) is 7.94. The molecule has 0 aliphatic carbocycles. The van der Waals surface area contributed by atoms with Gasteiger partial charge in [0.2, 0.25) is 0 Å². The molecule has 0 bridgehead atoms. The van der Waals surface area contributed by atoms with E-state index >= 15 is 0 Å². The molecular weight excluding hydrogens is 360 g/mol. The standard InChI is InChI=1S/C17H18F4O5/c18-16(19)25-12-6-4-11(14(9-12)26-17(20)21)5-7-15(22)24-10-13-3-1-2-8-23-13/h4-7,9,13,16-17H,1-3,8,10H2. The zero-order valence-electron chi connectivity index (χ0n) is 13.7. The normalized spacial score (nSPS) is 17.7. The molecule has 0 radical (unpaired) electrons. The molecule has 1 aromatic rings. The molecule has 5 nitrogen and oxygen atoms in total. The van der Waals surface area contributed by atoms with Gasteiger partial charge in [-0.25, -0.2) is 4.79 Å². The Kier molecular flexibility index (Phi) is 7.71. The maximum atomic E-state index is 12.5. The van der Waals surface area contributed by atoms with Crippen molar-refractivity contribution in [2.75, 3.05) is 13.2 Å². The number of rotatable bonds is 8. The van der Waals surface area contributed by atoms with Gasteiger partial charge in [-0.05, 0) is 37.5 Å². The fourth-order valence-electron chi connectivity index (χ4n) is 2.35. The lowest BCUT2D eigenvalue weighted by Gasteiger charge is -2.21. The quantitative estimate of drug-likeness (QED) is 0.389. The Morgan fingerprint density at radius 3 is 2.62 bits per heavy atom. The first-order valence-corrected chi connectivity index (χ1v) is 7.94. The van der Waals surface area contributed by atoms with Crippen LogP contribution in [0.15, 0.2) is 24.3 Å². The minimum Gasteiger partial charge on any atom is -0.460 e. The second-order valence-electron chi connectivity index (χ2n) is 5.41. The van der Waals surface area contributed by atoms with Gasteiger partial charge in [-0.2, -0.15) is 17.6 Å². The molecule has 26 heavy (non-hydrogen) atoms. The summed E-state index contributed by atoms with van der Waals surface area (Å²) in [4.78, 5) is 11.7. The molecule has 1 heterocycles. The Bertz CT molecular complexity index is 615. The summed E-state index contributed by atoms with van der Waals surface area (Å²) < 4.78 is 68.2. The highest BCUT2D eigenvalue weighted by Crippen LogP contribution is 2.28. The summed E-state index contributed by atoms with van der Waals surface area (Å²) in [5, 5.41) is 0. The molecule has 1 aliphatic rings. The van der Waals surface area contributed by atoms with E-state index in [0.29, 0.717) is 6.61 Å². The van der Waals surface area contributed by atoms with E-state index in [1.54, 1.807) is 0 Å². The number of carbonyl (C=O) groups excluding carboxylic acids is 1. The van der Waals surface area contributed by atoms with Crippen LogP contribution in [0, 0.1) is 0 Å². The fraction of sp³-hybridized carbons (Fsp3) is 0.471. The van der Waals surface area contributed by atoms with Crippen molar-refractivity contribution in [3.8, 4) is 11.5 Å². The Hall–Kier alpha value is -2.29. The molecule has 1 aliphatic heterocycles. The summed E-state index contributed by atoms with van der Waals surface area (Å²) in [5.74, 6) is -1.43. The second kappa shape index (κ2) is 10.0. The van der Waals surface area contributed by atoms with E-state index < -0.39 is 24.9 Å². The number of halogens is 4. The lowest BCUT2D eigenvalue weighted by atomic mass is 10.1. The van der Waals surface area contributed by atoms with Crippen LogP contribution in [-0.2, 0) is 14.3 Å². The molecule has 0 saturated carbocycles. The van der Waals surface area contributed by atoms with Crippen molar-refractivity contribution >= 4 is 12.0 Å². The highest BCUT2D eigenvalue weighted by atomic mass is 19.3. The van der Waals surface area contributed by atoms with Gasteiger partial charge in [0, 0.05) is 24.3 Å². The average molecular weight is 378 g/mol. The Balaban J connectivity index is 1.98. The van der Waals surface area contributed by atoms with E-state index in [9.17, 15) is 22.4 Å². The predicted octanol–water partition coefficient (Wildman–Crippen LogP) is 4.01. The van der Waals surface area contributed by atoms with Gasteiger partial charge in [0.05, 0.1) is 6.10 Å². The first-order chi connectivity index (χ1) is 12.4. The lowest BCUT2D eigenvalue weighted by molar-refractivity contribution is -0.143. The van der Waals surface area contributed by atoms with E-state index in [1.165, 1.54) is 12.1 Å². The number of alkyl halides is 4. The molecule has 0 aromatic heterocycles. The predicted molar refractivity (Wildman–Crippen MR) is 83.3 cm³/mol. The molecule has 0 N–H and O–H groups in total. The van der Waals surface area contributed by atoms with Gasteiger partial charge < -0.3 is 18.9 Å². The maximum Gasteiger partial charge on any atom is 0.387 e. The number of benzene rings is 1. The van der Waals surface area contributed by atoms with Crippen LogP contribution >= 0.6 is 0 Å². The maximum absolute atomic E-state index is 12.5. The van der Waals surface area contributed by atoms with E-state index in [-0.39, 0.29) is 24.0 Å². The first kappa shape index (κ1) is 20.0. The molecule has 1 fully saturated rings. The van der Waals surface area contributed by atoms with E-state index in [1.807, 2.05) is 0 Å². The third-order valence-corrected chi connectivity index (χ3v) is 3.51. The van der Waals surface area contributed by atoms with Gasteiger partial charge >= 0.3 is 19.2 Å². The molecule has 1 atom stereocenters. The zero-order chi connectivity index (χ0) is 18.9. The molecule has 1 unspecified atom stereocenters. The van der Waals surface area contributed by atoms with Gasteiger partial charge in [0.15, 0.2) is 0 Å². The van der Waals surface area contributed by atoms with Crippen molar-refractivity contribution in [2.24, 2.45) is 0 Å². The van der Waals surface area contributed by atoms with Crippen molar-refractivity contribution in [1.82, 2.24) is 0 Å². The summed E-state index contributed by atoms with van der Waals surface area (Å²) in [6.45, 7) is -5.54. The van der Waals surface area contributed by atoms with Crippen molar-refractivity contribution in [1.29, 1.82) is 0 Å². The van der Waals surface area contributed by atoms with Crippen LogP contribution in [0.3, 0.4) is 0 Å². The topological polar surface area (TPSA) is 54.0 Å². The minimum atomic E-state index is -3.17. The van der Waals surface area contributed by atoms with Crippen LogP contribution in [0.1, 0.15) is 24.8 Å². The summed E-state index contributed by atoms with van der Waals surface area (Å²) in [6, 6.07) is 3.24. The summed E-state index contributed by atoms with van der Waals surface area (Å²) in [6.07, 6.45) is 4.85. The molecule has 1 aromatic carbocycles. The monoisotopic (exact) mass is 378 g/mol. The van der Waals surface area contributed by atoms with Gasteiger partial charge in [0.25, 0.3) is 0 Å². The highest BCUT2D eigenvalue weighted by Gasteiger charge is 2.16. The Morgan fingerprint density at radius 1 is 1.19 bits per heavy atom. The van der Waals surface area contributed by atoms with Crippen LogP contribution in [0.25, 0.3) is 6.08 Å². The molecule has 144 valence electrons. The number of ether oxygens (including phenoxy) is 4. The SMILES string of the molecule is O=C(C=Cc1ccc(OC(F)F)cc1OC(F)F)OCC1CCCCO1. The van der Waals surface area contributed by atoms with Crippen LogP contribution < -0.4 is 9.47 Å². The molecule has 0 amide bonds. The zero-order valence-corrected chi connectivity index (χ0v) is 13.7. The third-order valence-electron chi connectivity index (χ3n) is 3.51. The van der Waals surface area contributed by atoms with Crippen LogP contribution in [0.4, 0.5) is 17.6 Å². The Morgan fingerprint density at radius 2 is 1.96 bits per heavy atom. The van der Waals surface area contributed by atoms with Gasteiger partial charge in [-0.3, -0.25) is 0 Å². The molecule has 1 saturated heterocycles. The van der Waals surface area contributed by atoms with Crippen LogP contribution in [0.2, 0.25) is 0 Å². The van der Waals surface area contributed by atoms with E-state index in [0.717, 1.165) is 37.5 Å². The van der Waals surface area contributed by atoms with Crippen molar-refractivity contribution in [2.45, 2.75) is 38.6 Å². The molecule has 9 heteroatoms. The van der Waals surface area contributed by atoms with Crippen molar-refractivity contribution in [3.63, 3.8) is 0 Å². The minimum absolute atomic E-state index is 0.0813. The summed E-state index contributed by atoms with van der Waals surface area (Å²) in [5.41, 5.74) is 0.0813.